The van der Waals surface area contributed by atoms with Crippen LogP contribution in [0.3, 0.4) is 0 Å². The van der Waals surface area contributed by atoms with E-state index in [1.54, 1.807) is 7.11 Å². The number of rotatable bonds is 1. The van der Waals surface area contributed by atoms with Crippen molar-refractivity contribution in [3.63, 3.8) is 0 Å². The third-order valence-corrected chi connectivity index (χ3v) is 6.39. The van der Waals surface area contributed by atoms with Crippen molar-refractivity contribution in [2.24, 2.45) is 0 Å². The molecule has 0 unspecified atom stereocenters. The van der Waals surface area contributed by atoms with E-state index in [1.165, 1.54) is 0 Å². The van der Waals surface area contributed by atoms with Crippen LogP contribution in [0.2, 0.25) is 0 Å². The highest BCUT2D eigenvalue weighted by Gasteiger charge is 2.11. The molecule has 0 saturated carbocycles. The first-order valence-electron chi connectivity index (χ1n) is 7.64. The number of pyridine rings is 2. The van der Waals surface area contributed by atoms with Gasteiger partial charge in [0.2, 0.25) is 0 Å². The number of hydrogen-bond donors (Lipinski definition) is 1. The maximum atomic E-state index is 9.55. The highest BCUT2D eigenvalue weighted by atomic mass is 79.9. The summed E-state index contributed by atoms with van der Waals surface area (Å²) in [5.74, 6) is 0.863. The zero-order valence-electron chi connectivity index (χ0n) is 13.9. The molecule has 8 heteroatoms. The van der Waals surface area contributed by atoms with Crippen molar-refractivity contribution in [1.29, 1.82) is 0 Å². The van der Waals surface area contributed by atoms with Crippen molar-refractivity contribution in [3.8, 4) is 11.5 Å². The largest absolute Gasteiger partial charge is 0.504 e. The number of fused-ring (bicyclic) bond motifs is 2. The summed E-state index contributed by atoms with van der Waals surface area (Å²) in [5, 5.41) is 11.5. The number of para-hydroxylation sites is 2. The molecule has 146 valence electrons. The molecule has 28 heavy (non-hydrogen) atoms. The summed E-state index contributed by atoms with van der Waals surface area (Å²) in [5.41, 5.74) is 1.78. The number of methoxy groups -OCH3 is 1. The van der Waals surface area contributed by atoms with E-state index in [2.05, 4.69) is 73.7 Å². The van der Waals surface area contributed by atoms with Gasteiger partial charge in [-0.05, 0) is 75.9 Å². The molecule has 4 nitrogen and oxygen atoms in total. The van der Waals surface area contributed by atoms with Gasteiger partial charge in [0.05, 0.1) is 27.1 Å². The fraction of sp³-hybridized carbons (Fsp3) is 0.100. The smallest absolute Gasteiger partial charge is 0.166 e. The molecule has 0 bridgehead atoms. The lowest BCUT2D eigenvalue weighted by atomic mass is 10.2. The van der Waals surface area contributed by atoms with Crippen molar-refractivity contribution < 1.29 is 9.84 Å². The fourth-order valence-corrected chi connectivity index (χ4v) is 5.11. The molecule has 0 amide bonds. The van der Waals surface area contributed by atoms with Gasteiger partial charge in [-0.3, -0.25) is 0 Å². The minimum atomic E-state index is 0. The van der Waals surface area contributed by atoms with Crippen LogP contribution in [0.5, 0.6) is 11.5 Å². The summed E-state index contributed by atoms with van der Waals surface area (Å²) in [4.78, 5) is 8.54. The lowest BCUT2D eigenvalue weighted by molar-refractivity contribution is 0.408. The van der Waals surface area contributed by atoms with Crippen molar-refractivity contribution >= 4 is 85.5 Å². The number of aromatic hydroxyl groups is 1. The van der Waals surface area contributed by atoms with E-state index in [1.807, 2.05) is 48.5 Å². The van der Waals surface area contributed by atoms with E-state index >= 15 is 0 Å². The minimum absolute atomic E-state index is 0. The monoisotopic (exact) mass is 632 g/mol. The fourth-order valence-electron chi connectivity index (χ4n) is 2.43. The topological polar surface area (TPSA) is 55.2 Å². The summed E-state index contributed by atoms with van der Waals surface area (Å²) in [6.45, 7) is 0. The molecule has 0 radical (unpaired) electrons. The second-order valence-electron chi connectivity index (χ2n) is 5.35. The van der Waals surface area contributed by atoms with Gasteiger partial charge in [0.25, 0.3) is 0 Å². The van der Waals surface area contributed by atoms with Crippen LogP contribution in [0.15, 0.2) is 66.7 Å². The summed E-state index contributed by atoms with van der Waals surface area (Å²) in [6, 6.07) is 15.5. The van der Waals surface area contributed by atoms with Crippen molar-refractivity contribution in [1.82, 2.24) is 9.97 Å². The summed E-state index contributed by atoms with van der Waals surface area (Å²) >= 11 is 13.3. The third-order valence-electron chi connectivity index (χ3n) is 3.71. The van der Waals surface area contributed by atoms with Crippen LogP contribution in [0, 0.1) is 0 Å². The van der Waals surface area contributed by atoms with E-state index in [9.17, 15) is 5.11 Å². The molecule has 4 aromatic rings. The number of halogens is 4. The molecule has 0 atom stereocenters. The molecule has 0 aliphatic carbocycles. The maximum absolute atomic E-state index is 9.55. The van der Waals surface area contributed by atoms with E-state index in [-0.39, 0.29) is 13.2 Å². The first kappa shape index (κ1) is 23.1. The summed E-state index contributed by atoms with van der Waals surface area (Å²) in [7, 11) is 1.63. The molecular weight excluding hydrogens is 620 g/mol. The standard InChI is InChI=1S/C10H7Br2NO.C9H5Br2NO.CH4/c1-14-9-8(11)6-4-2-3-5-7(6)13-10(9)12;10-7-5-3-1-2-4-6(5)12-9(11)8(7)13;/h2-5H,1H3;1-4,13H;1H4. The quantitative estimate of drug-likeness (QED) is 0.216. The second-order valence-corrected chi connectivity index (χ2v) is 8.44. The van der Waals surface area contributed by atoms with Crippen molar-refractivity contribution in [2.45, 2.75) is 7.43 Å². The Morgan fingerprint density at radius 3 is 1.75 bits per heavy atom. The van der Waals surface area contributed by atoms with Crippen molar-refractivity contribution in [3.05, 3.63) is 66.7 Å². The molecular formula is C20H16Br4N2O2. The van der Waals surface area contributed by atoms with Crippen LogP contribution in [0.4, 0.5) is 0 Å². The second kappa shape index (κ2) is 10.0. The Balaban J connectivity index is 0.000000194. The molecule has 2 aromatic heterocycles. The van der Waals surface area contributed by atoms with Gasteiger partial charge in [-0.15, -0.1) is 0 Å². The lowest BCUT2D eigenvalue weighted by Crippen LogP contribution is -1.90. The maximum Gasteiger partial charge on any atom is 0.166 e. The Morgan fingerprint density at radius 1 is 0.750 bits per heavy atom. The Hall–Kier alpha value is -1.22. The first-order chi connectivity index (χ1) is 12.9. The van der Waals surface area contributed by atoms with Gasteiger partial charge in [0.1, 0.15) is 9.21 Å². The van der Waals surface area contributed by atoms with E-state index in [0.717, 1.165) is 32.0 Å². The Bertz CT molecular complexity index is 1140. The molecule has 2 aromatic carbocycles. The van der Waals surface area contributed by atoms with Gasteiger partial charge < -0.3 is 9.84 Å². The molecule has 0 aliphatic heterocycles. The predicted octanol–water partition coefficient (Wildman–Crippen LogP) is 7.87. The minimum Gasteiger partial charge on any atom is -0.504 e. The Morgan fingerprint density at radius 2 is 1.21 bits per heavy atom. The van der Waals surface area contributed by atoms with Crippen LogP contribution in [0.1, 0.15) is 7.43 Å². The highest BCUT2D eigenvalue weighted by molar-refractivity contribution is 9.11. The van der Waals surface area contributed by atoms with Gasteiger partial charge >= 0.3 is 0 Å². The zero-order chi connectivity index (χ0) is 19.6. The lowest BCUT2D eigenvalue weighted by Gasteiger charge is -2.07. The van der Waals surface area contributed by atoms with Gasteiger partial charge in [-0.25, -0.2) is 9.97 Å². The molecule has 1 N–H and O–H groups in total. The molecule has 0 fully saturated rings. The van der Waals surface area contributed by atoms with E-state index in [4.69, 9.17) is 4.74 Å². The van der Waals surface area contributed by atoms with Crippen molar-refractivity contribution in [2.75, 3.05) is 7.11 Å². The third kappa shape index (κ3) is 4.67. The van der Waals surface area contributed by atoms with Crippen LogP contribution < -0.4 is 4.74 Å². The SMILES string of the molecule is C.COc1c(Br)nc2ccccc2c1Br.Oc1c(Br)nc2ccccc2c1Br. The van der Waals surface area contributed by atoms with Crippen LogP contribution >= 0.6 is 63.7 Å². The predicted molar refractivity (Wildman–Crippen MR) is 129 cm³/mol. The summed E-state index contributed by atoms with van der Waals surface area (Å²) in [6.07, 6.45) is 0. The van der Waals surface area contributed by atoms with Gasteiger partial charge in [-0.1, -0.05) is 43.8 Å². The van der Waals surface area contributed by atoms with Gasteiger partial charge in [0, 0.05) is 10.8 Å². The number of aromatic nitrogens is 2. The van der Waals surface area contributed by atoms with Gasteiger partial charge in [-0.2, -0.15) is 0 Å². The Kier molecular flexibility index (Phi) is 8.24. The molecule has 0 aliphatic rings. The number of benzene rings is 2. The normalized spacial score (nSPS) is 10.2. The molecule has 2 heterocycles. The molecule has 4 rings (SSSR count). The number of nitrogens with zero attached hydrogens (tertiary/aromatic N) is 2. The number of hydrogen-bond acceptors (Lipinski definition) is 4. The zero-order valence-corrected chi connectivity index (χ0v) is 20.2. The Labute approximate surface area is 196 Å². The average Bonchev–Trinajstić information content (AvgIpc) is 2.67. The molecule has 0 spiro atoms. The summed E-state index contributed by atoms with van der Waals surface area (Å²) < 4.78 is 8.00. The van der Waals surface area contributed by atoms with Crippen LogP contribution in [-0.2, 0) is 0 Å². The van der Waals surface area contributed by atoms with E-state index < -0.39 is 0 Å². The van der Waals surface area contributed by atoms with Gasteiger partial charge in [0.15, 0.2) is 11.5 Å². The first-order valence-corrected chi connectivity index (χ1v) is 10.8. The molecule has 0 saturated heterocycles. The average molecular weight is 636 g/mol. The van der Waals surface area contributed by atoms with Crippen LogP contribution in [-0.4, -0.2) is 22.2 Å². The number of ether oxygens (including phenoxy) is 1. The van der Waals surface area contributed by atoms with Crippen LogP contribution in [0.25, 0.3) is 21.8 Å². The van der Waals surface area contributed by atoms with E-state index in [0.29, 0.717) is 13.7 Å². The highest BCUT2D eigenvalue weighted by Crippen LogP contribution is 2.37.